The van der Waals surface area contributed by atoms with Crippen LogP contribution in [0.4, 0.5) is 0 Å². The lowest BCUT2D eigenvalue weighted by atomic mass is 9.78. The normalized spacial score (nSPS) is 26.3. The Morgan fingerprint density at radius 3 is 2.71 bits per heavy atom. The van der Waals surface area contributed by atoms with Gasteiger partial charge in [0, 0.05) is 6.61 Å². The molecule has 1 heterocycles. The van der Waals surface area contributed by atoms with Gasteiger partial charge in [-0.25, -0.2) is 9.97 Å². The molecular weight excluding hydrogens is 352 g/mol. The van der Waals surface area contributed by atoms with E-state index in [-0.39, 0.29) is 5.60 Å². The van der Waals surface area contributed by atoms with Crippen LogP contribution < -0.4 is 0 Å². The lowest BCUT2D eigenvalue weighted by molar-refractivity contribution is -0.0882. The molecule has 2 unspecified atom stereocenters. The maximum absolute atomic E-state index is 6.33. The summed E-state index contributed by atoms with van der Waals surface area (Å²) >= 11 is 9.84. The van der Waals surface area contributed by atoms with E-state index in [1.165, 1.54) is 6.42 Å². The van der Waals surface area contributed by atoms with E-state index < -0.39 is 0 Å². The van der Waals surface area contributed by atoms with Crippen molar-refractivity contribution in [2.24, 2.45) is 5.92 Å². The first-order chi connectivity index (χ1) is 9.89. The fourth-order valence-corrected chi connectivity index (χ4v) is 4.01. The van der Waals surface area contributed by atoms with Gasteiger partial charge in [0.15, 0.2) is 5.82 Å². The maximum Gasteiger partial charge on any atom is 0.162 e. The number of ether oxygens (including phenoxy) is 1. The van der Waals surface area contributed by atoms with Gasteiger partial charge in [0.1, 0.15) is 10.8 Å². The van der Waals surface area contributed by atoms with Crippen LogP contribution in [-0.2, 0) is 10.3 Å². The molecule has 1 fully saturated rings. The zero-order valence-electron chi connectivity index (χ0n) is 13.2. The molecule has 0 spiro atoms. The summed E-state index contributed by atoms with van der Waals surface area (Å²) in [5.41, 5.74) is 0.586. The summed E-state index contributed by atoms with van der Waals surface area (Å²) in [7, 11) is 0. The third-order valence-corrected chi connectivity index (χ3v) is 5.45. The van der Waals surface area contributed by atoms with Gasteiger partial charge < -0.3 is 4.74 Å². The monoisotopic (exact) mass is 374 g/mol. The Morgan fingerprint density at radius 1 is 1.43 bits per heavy atom. The highest BCUT2D eigenvalue weighted by Crippen LogP contribution is 2.43. The Balaban J connectivity index is 2.50. The first kappa shape index (κ1) is 17.2. The minimum atomic E-state index is -0.375. The highest BCUT2D eigenvalue weighted by atomic mass is 79.9. The van der Waals surface area contributed by atoms with Gasteiger partial charge in [0.05, 0.1) is 10.2 Å². The summed E-state index contributed by atoms with van der Waals surface area (Å²) in [4.78, 5) is 9.36. The van der Waals surface area contributed by atoms with Gasteiger partial charge in [-0.2, -0.15) is 0 Å². The van der Waals surface area contributed by atoms with Crippen LogP contribution >= 0.6 is 27.5 Å². The van der Waals surface area contributed by atoms with Crippen molar-refractivity contribution in [2.75, 3.05) is 6.61 Å². The molecule has 0 saturated heterocycles. The number of hydrogen-bond donors (Lipinski definition) is 0. The van der Waals surface area contributed by atoms with Crippen molar-refractivity contribution in [3.05, 3.63) is 21.1 Å². The lowest BCUT2D eigenvalue weighted by Crippen LogP contribution is -2.37. The summed E-state index contributed by atoms with van der Waals surface area (Å²) in [6, 6.07) is 0. The number of nitrogens with zero attached hydrogens (tertiary/aromatic N) is 2. The summed E-state index contributed by atoms with van der Waals surface area (Å²) < 4.78 is 6.96. The van der Waals surface area contributed by atoms with Gasteiger partial charge in [-0.05, 0) is 54.0 Å². The van der Waals surface area contributed by atoms with Crippen molar-refractivity contribution in [2.45, 2.75) is 64.9 Å². The molecule has 0 bridgehead atoms. The van der Waals surface area contributed by atoms with Crippen LogP contribution in [0.15, 0.2) is 4.47 Å². The average molecular weight is 376 g/mol. The van der Waals surface area contributed by atoms with Gasteiger partial charge in [0.2, 0.25) is 0 Å². The topological polar surface area (TPSA) is 35.0 Å². The summed E-state index contributed by atoms with van der Waals surface area (Å²) in [5, 5.41) is 0.487. The van der Waals surface area contributed by atoms with Crippen LogP contribution in [0, 0.1) is 5.92 Å². The van der Waals surface area contributed by atoms with Crippen LogP contribution in [0.2, 0.25) is 5.15 Å². The van der Waals surface area contributed by atoms with Crippen LogP contribution in [-0.4, -0.2) is 16.6 Å². The second kappa shape index (κ2) is 6.93. The predicted molar refractivity (Wildman–Crippen MR) is 89.8 cm³/mol. The molecule has 0 aliphatic heterocycles. The van der Waals surface area contributed by atoms with E-state index >= 15 is 0 Å². The highest BCUT2D eigenvalue weighted by molar-refractivity contribution is 9.10. The molecule has 0 N–H and O–H groups in total. The molecule has 1 aliphatic rings. The zero-order valence-corrected chi connectivity index (χ0v) is 15.6. The first-order valence-electron chi connectivity index (χ1n) is 7.77. The number of halogens is 2. The summed E-state index contributed by atoms with van der Waals surface area (Å²) in [6.07, 6.45) is 4.34. The Kier molecular flexibility index (Phi) is 5.66. The SMILES string of the molecule is CCOC1(c2nc(Cl)c(Br)c(C(C)C)n2)CCCC(C)C1. The Bertz CT molecular complexity index is 505. The molecule has 2 atom stereocenters. The van der Waals surface area contributed by atoms with E-state index in [0.717, 1.165) is 35.3 Å². The fraction of sp³-hybridized carbons (Fsp3) is 0.750. The molecule has 1 aromatic rings. The molecule has 0 aromatic carbocycles. The van der Waals surface area contributed by atoms with Crippen molar-refractivity contribution in [1.29, 1.82) is 0 Å². The average Bonchev–Trinajstić information content (AvgIpc) is 2.41. The van der Waals surface area contributed by atoms with Crippen molar-refractivity contribution in [3.8, 4) is 0 Å². The minimum Gasteiger partial charge on any atom is -0.367 e. The molecule has 2 rings (SSSR count). The van der Waals surface area contributed by atoms with Gasteiger partial charge in [-0.15, -0.1) is 0 Å². The molecule has 0 amide bonds. The van der Waals surface area contributed by atoms with E-state index in [1.807, 2.05) is 6.92 Å². The van der Waals surface area contributed by atoms with Gasteiger partial charge in [0.25, 0.3) is 0 Å². The minimum absolute atomic E-state index is 0.290. The molecule has 1 aromatic heterocycles. The third kappa shape index (κ3) is 3.59. The smallest absolute Gasteiger partial charge is 0.162 e. The molecule has 118 valence electrons. The van der Waals surface area contributed by atoms with E-state index in [9.17, 15) is 0 Å². The molecule has 5 heteroatoms. The van der Waals surface area contributed by atoms with Gasteiger partial charge in [-0.1, -0.05) is 38.8 Å². The van der Waals surface area contributed by atoms with E-state index in [4.69, 9.17) is 21.3 Å². The molecule has 1 aliphatic carbocycles. The van der Waals surface area contributed by atoms with E-state index in [2.05, 4.69) is 41.7 Å². The standard InChI is InChI=1S/C16H24BrClN2O/c1-5-21-16(8-6-7-11(4)9-16)15-19-13(10(2)3)12(17)14(18)20-15/h10-11H,5-9H2,1-4H3. The van der Waals surface area contributed by atoms with Crippen molar-refractivity contribution in [3.63, 3.8) is 0 Å². The van der Waals surface area contributed by atoms with Crippen LogP contribution in [0.25, 0.3) is 0 Å². The fourth-order valence-electron chi connectivity index (χ4n) is 3.20. The zero-order chi connectivity index (χ0) is 15.6. The maximum atomic E-state index is 6.33. The quantitative estimate of drug-likeness (QED) is 0.656. The Labute approximate surface area is 141 Å². The van der Waals surface area contributed by atoms with Gasteiger partial charge in [-0.3, -0.25) is 0 Å². The van der Waals surface area contributed by atoms with Crippen LogP contribution in [0.1, 0.15) is 70.8 Å². The van der Waals surface area contributed by atoms with Crippen LogP contribution in [0.5, 0.6) is 0 Å². The van der Waals surface area contributed by atoms with E-state index in [1.54, 1.807) is 0 Å². The largest absolute Gasteiger partial charge is 0.367 e. The van der Waals surface area contributed by atoms with Crippen LogP contribution in [0.3, 0.4) is 0 Å². The van der Waals surface area contributed by atoms with Crippen molar-refractivity contribution >= 4 is 27.5 Å². The lowest BCUT2D eigenvalue weighted by Gasteiger charge is -2.38. The number of rotatable bonds is 4. The Morgan fingerprint density at radius 2 is 2.14 bits per heavy atom. The summed E-state index contributed by atoms with van der Waals surface area (Å²) in [5.74, 6) is 1.67. The molecule has 1 saturated carbocycles. The van der Waals surface area contributed by atoms with E-state index in [0.29, 0.717) is 23.6 Å². The predicted octanol–water partition coefficient (Wildman–Crippen LogP) is 5.46. The highest BCUT2D eigenvalue weighted by Gasteiger charge is 2.40. The van der Waals surface area contributed by atoms with Gasteiger partial charge >= 0.3 is 0 Å². The Hall–Kier alpha value is -0.190. The molecule has 21 heavy (non-hydrogen) atoms. The second-order valence-electron chi connectivity index (χ2n) is 6.32. The molecular formula is C16H24BrClN2O. The number of hydrogen-bond acceptors (Lipinski definition) is 3. The second-order valence-corrected chi connectivity index (χ2v) is 7.47. The first-order valence-corrected chi connectivity index (χ1v) is 8.94. The number of aromatic nitrogens is 2. The molecule has 0 radical (unpaired) electrons. The molecule has 3 nitrogen and oxygen atoms in total. The summed E-state index contributed by atoms with van der Waals surface area (Å²) in [6.45, 7) is 9.20. The van der Waals surface area contributed by atoms with Crippen molar-refractivity contribution in [1.82, 2.24) is 9.97 Å². The third-order valence-electron chi connectivity index (χ3n) is 4.17. The van der Waals surface area contributed by atoms with Crippen molar-refractivity contribution < 1.29 is 4.74 Å².